The Morgan fingerprint density at radius 2 is 1.19 bits per heavy atom. The Bertz CT molecular complexity index is 1100. The van der Waals surface area contributed by atoms with Crippen molar-refractivity contribution in [2.75, 3.05) is 58.4 Å². The maximum atomic E-state index is 8.74. The Labute approximate surface area is 277 Å². The summed E-state index contributed by atoms with van der Waals surface area (Å²) in [7, 11) is 4.33. The van der Waals surface area contributed by atoms with Crippen LogP contribution in [0.3, 0.4) is 0 Å². The number of nitrogens with zero attached hydrogens (tertiary/aromatic N) is 6. The van der Waals surface area contributed by atoms with E-state index < -0.39 is 0 Å². The van der Waals surface area contributed by atoms with Crippen molar-refractivity contribution in [3.05, 3.63) is 36.2 Å². The average molecular weight is 665 g/mol. The van der Waals surface area contributed by atoms with Gasteiger partial charge in [-0.1, -0.05) is 56.8 Å². The first-order valence-corrected chi connectivity index (χ1v) is 19.4. The predicted octanol–water partition coefficient (Wildman–Crippen LogP) is 8.17. The monoisotopic (exact) mass is 664 g/mol. The van der Waals surface area contributed by atoms with E-state index in [2.05, 4.69) is 60.1 Å². The molecule has 2 aromatic rings. The molecule has 0 radical (unpaired) electrons. The number of thioether (sulfide) groups is 2. The third-order valence-corrected chi connectivity index (χ3v) is 10.9. The number of aliphatic hydroxyl groups excluding tert-OH is 1. The zero-order chi connectivity index (χ0) is 30.5. The largest absolute Gasteiger partial charge is 0.396 e. The molecular weight excluding hydrogens is 613 g/mol. The standard InChI is InChI=1S/C16H27N3OS2.C16H25N3S2/c1-19-10-8-9-14(13-19)15-16(18-22-17-15)21-12-7-5-3-2-4-6-11-20;1-3-4-5-6-7-8-12-20-16-15(17-21-18-16)14-10-9-11-19(2)13-14/h9,20H,2-8,10-13H2,1H3;3,10H,1,4-9,11-13H2,2H3. The normalized spacial score (nSPS) is 16.0. The van der Waals surface area contributed by atoms with Gasteiger partial charge in [-0.3, -0.25) is 0 Å². The van der Waals surface area contributed by atoms with Gasteiger partial charge in [0.05, 0.1) is 23.5 Å². The highest BCUT2D eigenvalue weighted by Gasteiger charge is 2.18. The molecule has 0 amide bonds. The summed E-state index contributed by atoms with van der Waals surface area (Å²) in [4.78, 5) is 4.69. The maximum absolute atomic E-state index is 8.74. The van der Waals surface area contributed by atoms with Gasteiger partial charge in [0.15, 0.2) is 0 Å². The van der Waals surface area contributed by atoms with Crippen LogP contribution in [0.1, 0.15) is 94.9 Å². The molecule has 2 aromatic heterocycles. The van der Waals surface area contributed by atoms with Crippen molar-refractivity contribution in [3.8, 4) is 0 Å². The average Bonchev–Trinajstić information content (AvgIpc) is 3.68. The molecule has 0 fully saturated rings. The molecule has 0 bridgehead atoms. The van der Waals surface area contributed by atoms with E-state index in [0.29, 0.717) is 6.61 Å². The van der Waals surface area contributed by atoms with Gasteiger partial charge in [-0.25, -0.2) is 0 Å². The van der Waals surface area contributed by atoms with Crippen molar-refractivity contribution in [2.45, 2.75) is 93.5 Å². The van der Waals surface area contributed by atoms with Crippen LogP contribution in [0.2, 0.25) is 0 Å². The highest BCUT2D eigenvalue weighted by atomic mass is 32.2. The molecule has 0 aliphatic carbocycles. The molecule has 11 heteroatoms. The van der Waals surface area contributed by atoms with E-state index in [1.165, 1.54) is 86.0 Å². The van der Waals surface area contributed by atoms with Gasteiger partial charge in [-0.05, 0) is 81.7 Å². The van der Waals surface area contributed by atoms with Crippen molar-refractivity contribution >= 4 is 58.1 Å². The highest BCUT2D eigenvalue weighted by molar-refractivity contribution is 7.99. The van der Waals surface area contributed by atoms with E-state index in [1.807, 2.05) is 29.6 Å². The zero-order valence-corrected chi connectivity index (χ0v) is 29.6. The van der Waals surface area contributed by atoms with Gasteiger partial charge in [-0.2, -0.15) is 17.5 Å². The van der Waals surface area contributed by atoms with E-state index in [-0.39, 0.29) is 0 Å². The minimum absolute atomic E-state index is 0.334. The number of hydrogen-bond donors (Lipinski definition) is 1. The second kappa shape index (κ2) is 22.4. The summed E-state index contributed by atoms with van der Waals surface area (Å²) in [5.41, 5.74) is 4.94. The number of rotatable bonds is 19. The molecule has 0 atom stereocenters. The molecule has 2 aliphatic heterocycles. The van der Waals surface area contributed by atoms with Gasteiger partial charge in [0, 0.05) is 32.8 Å². The Balaban J connectivity index is 0.000000236. The number of aliphatic hydroxyl groups is 1. The fraction of sp³-hybridized carbons (Fsp3) is 0.688. The molecule has 0 spiro atoms. The van der Waals surface area contributed by atoms with Crippen LogP contribution in [0.5, 0.6) is 0 Å². The Morgan fingerprint density at radius 3 is 1.65 bits per heavy atom. The SMILES string of the molecule is C=CCCCCCCSc1nsnc1C1=CCCN(C)C1.CN1CCC=C(c2nsnc2SCCCCCCCCO)C1. The first kappa shape index (κ1) is 36.4. The summed E-state index contributed by atoms with van der Waals surface area (Å²) < 4.78 is 18.0. The van der Waals surface area contributed by atoms with Crippen LogP contribution in [0, 0.1) is 0 Å². The van der Waals surface area contributed by atoms with Gasteiger partial charge < -0.3 is 14.9 Å². The van der Waals surface area contributed by atoms with Crippen LogP contribution in [0.4, 0.5) is 0 Å². The lowest BCUT2D eigenvalue weighted by atomic mass is 10.1. The zero-order valence-electron chi connectivity index (χ0n) is 26.3. The molecule has 2 aliphatic rings. The minimum Gasteiger partial charge on any atom is -0.396 e. The van der Waals surface area contributed by atoms with Crippen LogP contribution in [0.25, 0.3) is 11.1 Å². The molecule has 0 aromatic carbocycles. The Kier molecular flexibility index (Phi) is 19.0. The summed E-state index contributed by atoms with van der Waals surface area (Å²) in [5, 5.41) is 11.0. The first-order chi connectivity index (χ1) is 21.1. The summed E-state index contributed by atoms with van der Waals surface area (Å²) in [5.74, 6) is 2.27. The third kappa shape index (κ3) is 14.3. The minimum atomic E-state index is 0.334. The Hall–Kier alpha value is -1.08. The third-order valence-electron chi connectivity index (χ3n) is 7.54. The number of likely N-dealkylation sites (N-methyl/N-ethyl adjacent to an activating group) is 2. The van der Waals surface area contributed by atoms with E-state index >= 15 is 0 Å². The summed E-state index contributed by atoms with van der Waals surface area (Å²) in [6.45, 7) is 8.37. The van der Waals surface area contributed by atoms with Crippen molar-refractivity contribution in [3.63, 3.8) is 0 Å². The molecule has 0 saturated carbocycles. The smallest absolute Gasteiger partial charge is 0.138 e. The van der Waals surface area contributed by atoms with E-state index in [0.717, 1.165) is 91.2 Å². The Morgan fingerprint density at radius 1 is 0.721 bits per heavy atom. The van der Waals surface area contributed by atoms with Gasteiger partial charge in [0.1, 0.15) is 21.4 Å². The van der Waals surface area contributed by atoms with Gasteiger partial charge in [-0.15, -0.1) is 30.1 Å². The molecule has 4 heterocycles. The van der Waals surface area contributed by atoms with Crippen molar-refractivity contribution < 1.29 is 5.11 Å². The molecule has 0 saturated heterocycles. The lowest BCUT2D eigenvalue weighted by Gasteiger charge is -2.22. The van der Waals surface area contributed by atoms with E-state index in [1.54, 1.807) is 0 Å². The second-order valence-electron chi connectivity index (χ2n) is 11.4. The molecule has 0 unspecified atom stereocenters. The van der Waals surface area contributed by atoms with Gasteiger partial charge >= 0.3 is 0 Å². The van der Waals surface area contributed by atoms with Crippen molar-refractivity contribution in [1.82, 2.24) is 27.3 Å². The van der Waals surface area contributed by atoms with E-state index in [4.69, 9.17) is 5.11 Å². The lowest BCUT2D eigenvalue weighted by Crippen LogP contribution is -2.25. The number of allylic oxidation sites excluding steroid dienone is 1. The molecule has 240 valence electrons. The van der Waals surface area contributed by atoms with Gasteiger partial charge in [0.2, 0.25) is 0 Å². The molecule has 1 N–H and O–H groups in total. The fourth-order valence-corrected chi connectivity index (χ4v) is 8.50. The van der Waals surface area contributed by atoms with E-state index in [9.17, 15) is 0 Å². The predicted molar refractivity (Wildman–Crippen MR) is 190 cm³/mol. The highest BCUT2D eigenvalue weighted by Crippen LogP contribution is 2.30. The summed E-state index contributed by atoms with van der Waals surface area (Å²) in [6.07, 6.45) is 22.3. The number of aromatic nitrogens is 4. The molecule has 4 rings (SSSR count). The molecular formula is C32H52N6OS4. The maximum Gasteiger partial charge on any atom is 0.138 e. The van der Waals surface area contributed by atoms with Crippen molar-refractivity contribution in [2.24, 2.45) is 0 Å². The summed E-state index contributed by atoms with van der Waals surface area (Å²) >= 11 is 6.40. The van der Waals surface area contributed by atoms with Crippen LogP contribution >= 0.6 is 47.0 Å². The van der Waals surface area contributed by atoms with Crippen LogP contribution in [-0.4, -0.2) is 90.8 Å². The molecule has 7 nitrogen and oxygen atoms in total. The topological polar surface area (TPSA) is 78.3 Å². The number of hydrogen-bond acceptors (Lipinski definition) is 11. The van der Waals surface area contributed by atoms with Crippen LogP contribution in [-0.2, 0) is 0 Å². The first-order valence-electron chi connectivity index (χ1n) is 16.0. The van der Waals surface area contributed by atoms with Crippen LogP contribution < -0.4 is 0 Å². The van der Waals surface area contributed by atoms with Gasteiger partial charge in [0.25, 0.3) is 0 Å². The number of unbranched alkanes of at least 4 members (excludes halogenated alkanes) is 9. The van der Waals surface area contributed by atoms with Crippen molar-refractivity contribution in [1.29, 1.82) is 0 Å². The second-order valence-corrected chi connectivity index (χ2v) is 14.6. The quantitative estimate of drug-likeness (QED) is 0.0909. The molecule has 43 heavy (non-hydrogen) atoms. The van der Waals surface area contributed by atoms with Crippen LogP contribution in [0.15, 0.2) is 34.9 Å². The lowest BCUT2D eigenvalue weighted by molar-refractivity contribution is 0.282. The fourth-order valence-electron chi connectivity index (χ4n) is 5.08. The summed E-state index contributed by atoms with van der Waals surface area (Å²) in [6, 6.07) is 0.